The number of fused-ring (bicyclic) bond motifs is 1. The molecule has 0 bridgehead atoms. The van der Waals surface area contributed by atoms with Crippen LogP contribution in [0.15, 0.2) is 22.8 Å². The normalized spacial score (nSPS) is 10.8. The molecule has 4 heteroatoms. The molecule has 0 amide bonds. The average Bonchev–Trinajstić information content (AvgIpc) is 2.55. The lowest BCUT2D eigenvalue weighted by Gasteiger charge is -2.07. The fourth-order valence-electron chi connectivity index (χ4n) is 1.56. The van der Waals surface area contributed by atoms with Crippen molar-refractivity contribution in [2.45, 2.75) is 0 Å². The summed E-state index contributed by atoms with van der Waals surface area (Å²) in [5, 5.41) is 10.6. The van der Waals surface area contributed by atoms with Gasteiger partial charge in [-0.1, -0.05) is 0 Å². The molecule has 1 aromatic heterocycles. The van der Waals surface area contributed by atoms with E-state index in [4.69, 9.17) is 4.74 Å². The van der Waals surface area contributed by atoms with Crippen LogP contribution in [-0.4, -0.2) is 16.8 Å². The number of hydrogen-bond donors (Lipinski definition) is 1. The van der Waals surface area contributed by atoms with Crippen molar-refractivity contribution in [3.05, 3.63) is 22.8 Å². The Kier molecular flexibility index (Phi) is 2.15. The molecule has 0 unspecified atom stereocenters. The van der Waals surface area contributed by atoms with Gasteiger partial charge in [-0.3, -0.25) is 0 Å². The Morgan fingerprint density at radius 2 is 2.21 bits per heavy atom. The van der Waals surface area contributed by atoms with E-state index in [1.165, 1.54) is 0 Å². The van der Waals surface area contributed by atoms with E-state index in [2.05, 4.69) is 15.9 Å². The quantitative estimate of drug-likeness (QED) is 0.851. The zero-order valence-electron chi connectivity index (χ0n) is 7.91. The fraction of sp³-hybridized carbons (Fsp3) is 0.200. The van der Waals surface area contributed by atoms with Crippen molar-refractivity contribution >= 4 is 26.8 Å². The minimum absolute atomic E-state index is 0.251. The third-order valence-corrected chi connectivity index (χ3v) is 2.87. The summed E-state index contributed by atoms with van der Waals surface area (Å²) in [6.45, 7) is 0. The Hall–Kier alpha value is -1.16. The number of halogens is 1. The van der Waals surface area contributed by atoms with E-state index in [1.54, 1.807) is 13.2 Å². The molecule has 0 atom stereocenters. The number of aromatic nitrogens is 1. The number of nitrogens with zero attached hydrogens (tertiary/aromatic N) is 1. The molecule has 2 aromatic rings. The molecular formula is C10H10BrNO2. The smallest absolute Gasteiger partial charge is 0.144 e. The summed E-state index contributed by atoms with van der Waals surface area (Å²) in [6.07, 6.45) is 1.89. The van der Waals surface area contributed by atoms with E-state index in [0.717, 1.165) is 16.7 Å². The van der Waals surface area contributed by atoms with Crippen molar-refractivity contribution in [3.63, 3.8) is 0 Å². The van der Waals surface area contributed by atoms with Crippen LogP contribution in [0.4, 0.5) is 0 Å². The first kappa shape index (κ1) is 9.40. The summed E-state index contributed by atoms with van der Waals surface area (Å²) in [7, 11) is 3.53. The fourth-order valence-corrected chi connectivity index (χ4v) is 1.98. The molecule has 0 fully saturated rings. The largest absolute Gasteiger partial charge is 0.506 e. The first-order chi connectivity index (χ1) is 6.65. The number of phenols is 1. The van der Waals surface area contributed by atoms with Gasteiger partial charge in [0, 0.05) is 24.7 Å². The van der Waals surface area contributed by atoms with Crippen molar-refractivity contribution in [1.29, 1.82) is 0 Å². The maximum absolute atomic E-state index is 9.78. The molecule has 74 valence electrons. The van der Waals surface area contributed by atoms with Crippen molar-refractivity contribution in [1.82, 2.24) is 4.57 Å². The second-order valence-electron chi connectivity index (χ2n) is 3.10. The lowest BCUT2D eigenvalue weighted by Crippen LogP contribution is -1.90. The highest BCUT2D eigenvalue weighted by molar-refractivity contribution is 9.10. The van der Waals surface area contributed by atoms with Crippen molar-refractivity contribution < 1.29 is 9.84 Å². The number of methoxy groups -OCH3 is 1. The number of rotatable bonds is 1. The first-order valence-electron chi connectivity index (χ1n) is 4.15. The standard InChI is InChI=1S/C10H10BrNO2/c1-12-4-3-6-9(12)8(14-2)5-7(11)10(6)13/h3-5,13H,1-2H3. The summed E-state index contributed by atoms with van der Waals surface area (Å²) in [4.78, 5) is 0. The summed E-state index contributed by atoms with van der Waals surface area (Å²) >= 11 is 3.28. The van der Waals surface area contributed by atoms with E-state index < -0.39 is 0 Å². The highest BCUT2D eigenvalue weighted by atomic mass is 79.9. The van der Waals surface area contributed by atoms with Gasteiger partial charge in [0.2, 0.25) is 0 Å². The van der Waals surface area contributed by atoms with Gasteiger partial charge in [-0.2, -0.15) is 0 Å². The number of aryl methyl sites for hydroxylation is 1. The summed E-state index contributed by atoms with van der Waals surface area (Å²) < 4.78 is 7.80. The van der Waals surface area contributed by atoms with Crippen molar-refractivity contribution in [3.8, 4) is 11.5 Å². The van der Waals surface area contributed by atoms with Crippen molar-refractivity contribution in [2.24, 2.45) is 7.05 Å². The molecule has 0 saturated carbocycles. The molecule has 0 aliphatic carbocycles. The van der Waals surface area contributed by atoms with Crippen LogP contribution in [0, 0.1) is 0 Å². The molecular weight excluding hydrogens is 246 g/mol. The summed E-state index contributed by atoms with van der Waals surface area (Å²) in [6, 6.07) is 3.62. The second kappa shape index (κ2) is 3.20. The first-order valence-corrected chi connectivity index (χ1v) is 4.95. The maximum Gasteiger partial charge on any atom is 0.144 e. The van der Waals surface area contributed by atoms with Gasteiger partial charge in [-0.15, -0.1) is 0 Å². The van der Waals surface area contributed by atoms with Gasteiger partial charge in [0.25, 0.3) is 0 Å². The molecule has 1 heterocycles. The number of ether oxygens (including phenoxy) is 1. The van der Waals surface area contributed by atoms with Gasteiger partial charge >= 0.3 is 0 Å². The molecule has 1 aromatic carbocycles. The molecule has 0 saturated heterocycles. The van der Waals surface area contributed by atoms with Gasteiger partial charge < -0.3 is 14.4 Å². The highest BCUT2D eigenvalue weighted by Crippen LogP contribution is 2.38. The molecule has 0 spiro atoms. The molecule has 0 aliphatic rings. The highest BCUT2D eigenvalue weighted by Gasteiger charge is 2.12. The molecule has 3 nitrogen and oxygen atoms in total. The van der Waals surface area contributed by atoms with Gasteiger partial charge in [0.15, 0.2) is 0 Å². The van der Waals surface area contributed by atoms with Gasteiger partial charge in [0.05, 0.1) is 17.1 Å². The summed E-state index contributed by atoms with van der Waals surface area (Å²) in [5.74, 6) is 0.999. The Morgan fingerprint density at radius 1 is 1.50 bits per heavy atom. The molecule has 14 heavy (non-hydrogen) atoms. The molecule has 0 aliphatic heterocycles. The van der Waals surface area contributed by atoms with Crippen LogP contribution < -0.4 is 4.74 Å². The lowest BCUT2D eigenvalue weighted by molar-refractivity contribution is 0.415. The number of aromatic hydroxyl groups is 1. The monoisotopic (exact) mass is 255 g/mol. The van der Waals surface area contributed by atoms with Crippen LogP contribution in [0.5, 0.6) is 11.5 Å². The number of benzene rings is 1. The Balaban J connectivity index is 2.92. The third-order valence-electron chi connectivity index (χ3n) is 2.27. The van der Waals surface area contributed by atoms with E-state index in [9.17, 15) is 5.11 Å². The lowest BCUT2D eigenvalue weighted by atomic mass is 10.2. The average molecular weight is 256 g/mol. The summed E-state index contributed by atoms with van der Waals surface area (Å²) in [5.41, 5.74) is 0.896. The van der Waals surface area contributed by atoms with Crippen LogP contribution in [0.25, 0.3) is 10.9 Å². The number of hydrogen-bond acceptors (Lipinski definition) is 2. The van der Waals surface area contributed by atoms with Gasteiger partial charge in [0.1, 0.15) is 11.5 Å². The predicted molar refractivity (Wildman–Crippen MR) is 58.8 cm³/mol. The Morgan fingerprint density at radius 3 is 2.86 bits per heavy atom. The Labute approximate surface area is 90.0 Å². The zero-order valence-corrected chi connectivity index (χ0v) is 9.50. The predicted octanol–water partition coefficient (Wildman–Crippen LogP) is 2.66. The van der Waals surface area contributed by atoms with Gasteiger partial charge in [-0.25, -0.2) is 0 Å². The van der Waals surface area contributed by atoms with Crippen LogP contribution in [0.1, 0.15) is 0 Å². The second-order valence-corrected chi connectivity index (χ2v) is 3.95. The molecule has 0 radical (unpaired) electrons. The maximum atomic E-state index is 9.78. The van der Waals surface area contributed by atoms with Gasteiger partial charge in [-0.05, 0) is 22.0 Å². The van der Waals surface area contributed by atoms with E-state index >= 15 is 0 Å². The van der Waals surface area contributed by atoms with Crippen molar-refractivity contribution in [2.75, 3.05) is 7.11 Å². The van der Waals surface area contributed by atoms with E-state index in [1.807, 2.05) is 23.9 Å². The molecule has 2 rings (SSSR count). The van der Waals surface area contributed by atoms with Crippen LogP contribution >= 0.6 is 15.9 Å². The van der Waals surface area contributed by atoms with E-state index in [0.29, 0.717) is 4.47 Å². The van der Waals surface area contributed by atoms with Crippen LogP contribution in [0.3, 0.4) is 0 Å². The Bertz CT molecular complexity index is 490. The SMILES string of the molecule is COc1cc(Br)c(O)c2ccn(C)c12. The minimum atomic E-state index is 0.251. The third kappa shape index (κ3) is 1.18. The topological polar surface area (TPSA) is 34.4 Å². The minimum Gasteiger partial charge on any atom is -0.506 e. The molecule has 1 N–H and O–H groups in total. The van der Waals surface area contributed by atoms with Crippen LogP contribution in [0.2, 0.25) is 0 Å². The van der Waals surface area contributed by atoms with Crippen LogP contribution in [-0.2, 0) is 7.05 Å². The zero-order chi connectivity index (χ0) is 10.3. The van der Waals surface area contributed by atoms with E-state index in [-0.39, 0.29) is 5.75 Å². The number of phenolic OH excluding ortho intramolecular Hbond substituents is 1.